The van der Waals surface area contributed by atoms with Gasteiger partial charge in [0.15, 0.2) is 11.6 Å². The lowest BCUT2D eigenvalue weighted by Crippen LogP contribution is -2.38. The fraction of sp³-hybridized carbons (Fsp3) is 0.714. The number of aromatic nitrogens is 5. The molecule has 0 bridgehead atoms. The minimum absolute atomic E-state index is 0.140. The molecule has 1 fully saturated rings. The summed E-state index contributed by atoms with van der Waals surface area (Å²) in [7, 11) is 0. The molecule has 3 heterocycles. The van der Waals surface area contributed by atoms with E-state index in [1.165, 1.54) is 0 Å². The van der Waals surface area contributed by atoms with Crippen LogP contribution in [0.1, 0.15) is 49.4 Å². The Morgan fingerprint density at radius 3 is 3.04 bits per heavy atom. The van der Waals surface area contributed by atoms with Gasteiger partial charge in [-0.25, -0.2) is 4.98 Å². The topological polar surface area (TPSA) is 102 Å². The Bertz CT molecular complexity index is 628. The van der Waals surface area contributed by atoms with E-state index >= 15 is 0 Å². The zero-order chi connectivity index (χ0) is 16.2. The van der Waals surface area contributed by atoms with E-state index in [0.717, 1.165) is 12.4 Å². The minimum atomic E-state index is -0.161. The van der Waals surface area contributed by atoms with Gasteiger partial charge < -0.3 is 14.0 Å². The predicted octanol–water partition coefficient (Wildman–Crippen LogP) is 1.17. The molecule has 0 amide bonds. The van der Waals surface area contributed by atoms with Gasteiger partial charge in [0.1, 0.15) is 18.0 Å². The SMILES string of the molecule is CCO[C@@H](C)c1noc(CN2CCO[C@H](c3n[nH]c(C)n3)C2)n1. The molecule has 0 aliphatic carbocycles. The van der Waals surface area contributed by atoms with Crippen LogP contribution in [0.4, 0.5) is 0 Å². The van der Waals surface area contributed by atoms with Crippen molar-refractivity contribution in [3.05, 3.63) is 23.4 Å². The quantitative estimate of drug-likeness (QED) is 0.845. The van der Waals surface area contributed by atoms with Gasteiger partial charge in [-0.2, -0.15) is 10.1 Å². The summed E-state index contributed by atoms with van der Waals surface area (Å²) in [4.78, 5) is 10.9. The van der Waals surface area contributed by atoms with E-state index in [0.29, 0.717) is 43.8 Å². The maximum Gasteiger partial charge on any atom is 0.240 e. The van der Waals surface area contributed by atoms with Crippen molar-refractivity contribution in [3.8, 4) is 0 Å². The summed E-state index contributed by atoms with van der Waals surface area (Å²) in [6.07, 6.45) is -0.301. The van der Waals surface area contributed by atoms with Crippen LogP contribution in [0.15, 0.2) is 4.52 Å². The summed E-state index contributed by atoms with van der Waals surface area (Å²) in [6, 6.07) is 0. The molecular formula is C14H22N6O3. The van der Waals surface area contributed by atoms with Gasteiger partial charge in [-0.1, -0.05) is 5.16 Å². The number of ether oxygens (including phenoxy) is 2. The van der Waals surface area contributed by atoms with Crippen molar-refractivity contribution in [3.63, 3.8) is 0 Å². The van der Waals surface area contributed by atoms with E-state index in [1.54, 1.807) is 0 Å². The molecular weight excluding hydrogens is 300 g/mol. The van der Waals surface area contributed by atoms with Crippen LogP contribution in [-0.2, 0) is 16.0 Å². The van der Waals surface area contributed by atoms with E-state index in [1.807, 2.05) is 20.8 Å². The smallest absolute Gasteiger partial charge is 0.240 e. The summed E-state index contributed by atoms with van der Waals surface area (Å²) in [5.74, 6) is 2.63. The molecule has 0 saturated carbocycles. The highest BCUT2D eigenvalue weighted by Gasteiger charge is 2.26. The van der Waals surface area contributed by atoms with Gasteiger partial charge >= 0.3 is 0 Å². The van der Waals surface area contributed by atoms with Crippen LogP contribution in [0.3, 0.4) is 0 Å². The number of morpholine rings is 1. The van der Waals surface area contributed by atoms with Crippen LogP contribution in [0.2, 0.25) is 0 Å². The Labute approximate surface area is 134 Å². The molecule has 1 saturated heterocycles. The zero-order valence-corrected chi connectivity index (χ0v) is 13.7. The van der Waals surface area contributed by atoms with E-state index in [-0.39, 0.29) is 12.2 Å². The van der Waals surface area contributed by atoms with Crippen LogP contribution in [-0.4, -0.2) is 56.5 Å². The largest absolute Gasteiger partial charge is 0.371 e. The first-order chi connectivity index (χ1) is 11.2. The van der Waals surface area contributed by atoms with Crippen molar-refractivity contribution in [1.82, 2.24) is 30.2 Å². The third-order valence-electron chi connectivity index (χ3n) is 3.68. The molecule has 2 atom stereocenters. The van der Waals surface area contributed by atoms with Crippen LogP contribution >= 0.6 is 0 Å². The van der Waals surface area contributed by atoms with Gasteiger partial charge in [0.2, 0.25) is 5.89 Å². The highest BCUT2D eigenvalue weighted by atomic mass is 16.5. The zero-order valence-electron chi connectivity index (χ0n) is 13.7. The number of H-pyrrole nitrogens is 1. The van der Waals surface area contributed by atoms with Crippen molar-refractivity contribution in [2.24, 2.45) is 0 Å². The fourth-order valence-electron chi connectivity index (χ4n) is 2.52. The van der Waals surface area contributed by atoms with Gasteiger partial charge in [0.05, 0.1) is 13.2 Å². The Morgan fingerprint density at radius 1 is 1.43 bits per heavy atom. The van der Waals surface area contributed by atoms with Crippen molar-refractivity contribution in [2.75, 3.05) is 26.3 Å². The van der Waals surface area contributed by atoms with Crippen LogP contribution in [0, 0.1) is 6.92 Å². The number of nitrogens with zero attached hydrogens (tertiary/aromatic N) is 5. The lowest BCUT2D eigenvalue weighted by Gasteiger charge is -2.30. The summed E-state index contributed by atoms with van der Waals surface area (Å²) in [6.45, 7) is 9.03. The first-order valence-corrected chi connectivity index (χ1v) is 7.82. The first kappa shape index (κ1) is 16.0. The molecule has 0 unspecified atom stereocenters. The average Bonchev–Trinajstić information content (AvgIpc) is 3.17. The van der Waals surface area contributed by atoms with Gasteiger partial charge in [0, 0.05) is 19.7 Å². The molecule has 9 nitrogen and oxygen atoms in total. The molecule has 1 aliphatic rings. The number of aryl methyl sites for hydroxylation is 1. The van der Waals surface area contributed by atoms with Crippen LogP contribution < -0.4 is 0 Å². The van der Waals surface area contributed by atoms with Crippen LogP contribution in [0.5, 0.6) is 0 Å². The Morgan fingerprint density at radius 2 is 2.30 bits per heavy atom. The van der Waals surface area contributed by atoms with Crippen LogP contribution in [0.25, 0.3) is 0 Å². The fourth-order valence-corrected chi connectivity index (χ4v) is 2.52. The maximum absolute atomic E-state index is 5.75. The highest BCUT2D eigenvalue weighted by Crippen LogP contribution is 2.21. The number of rotatable bonds is 6. The molecule has 23 heavy (non-hydrogen) atoms. The maximum atomic E-state index is 5.75. The Balaban J connectivity index is 1.59. The van der Waals surface area contributed by atoms with Gasteiger partial charge in [-0.15, -0.1) is 0 Å². The van der Waals surface area contributed by atoms with Gasteiger partial charge in [-0.05, 0) is 20.8 Å². The van der Waals surface area contributed by atoms with Crippen molar-refractivity contribution in [2.45, 2.75) is 39.5 Å². The van der Waals surface area contributed by atoms with E-state index in [9.17, 15) is 0 Å². The summed E-state index contributed by atoms with van der Waals surface area (Å²) >= 11 is 0. The van der Waals surface area contributed by atoms with Gasteiger partial charge in [-0.3, -0.25) is 10.00 Å². The van der Waals surface area contributed by atoms with Crippen molar-refractivity contribution < 1.29 is 14.0 Å². The normalized spacial score (nSPS) is 20.7. The van der Waals surface area contributed by atoms with Crippen molar-refractivity contribution in [1.29, 1.82) is 0 Å². The van der Waals surface area contributed by atoms with E-state index < -0.39 is 0 Å². The van der Waals surface area contributed by atoms with E-state index in [2.05, 4.69) is 30.2 Å². The lowest BCUT2D eigenvalue weighted by atomic mass is 10.2. The second-order valence-corrected chi connectivity index (χ2v) is 5.52. The highest BCUT2D eigenvalue weighted by molar-refractivity contribution is 4.96. The molecule has 9 heteroatoms. The molecule has 0 aromatic carbocycles. The molecule has 1 N–H and O–H groups in total. The minimum Gasteiger partial charge on any atom is -0.371 e. The molecule has 0 radical (unpaired) electrons. The second-order valence-electron chi connectivity index (χ2n) is 5.52. The average molecular weight is 322 g/mol. The first-order valence-electron chi connectivity index (χ1n) is 7.82. The molecule has 126 valence electrons. The third-order valence-corrected chi connectivity index (χ3v) is 3.68. The van der Waals surface area contributed by atoms with E-state index in [4.69, 9.17) is 14.0 Å². The molecule has 2 aromatic heterocycles. The van der Waals surface area contributed by atoms with Gasteiger partial charge in [0.25, 0.3) is 0 Å². The van der Waals surface area contributed by atoms with Crippen molar-refractivity contribution >= 4 is 0 Å². The number of hydrogen-bond donors (Lipinski definition) is 1. The molecule has 2 aromatic rings. The molecule has 1 aliphatic heterocycles. The molecule has 3 rings (SSSR count). The number of hydrogen-bond acceptors (Lipinski definition) is 8. The third kappa shape index (κ3) is 3.92. The standard InChI is InChI=1S/C14H22N6O3/c1-4-21-9(2)13-16-12(23-19-13)8-20-5-6-22-11(7-20)14-15-10(3)17-18-14/h9,11H,4-8H2,1-3H3,(H,15,17,18)/t9-,11-/m0/s1. The summed E-state index contributed by atoms with van der Waals surface area (Å²) in [5.41, 5.74) is 0. The second kappa shape index (κ2) is 7.16. The predicted molar refractivity (Wildman–Crippen MR) is 79.4 cm³/mol. The number of nitrogens with one attached hydrogen (secondary N) is 1. The Hall–Kier alpha value is -1.84. The number of aromatic amines is 1. The lowest BCUT2D eigenvalue weighted by molar-refractivity contribution is -0.0396. The Kier molecular flexibility index (Phi) is 4.99. The monoisotopic (exact) mass is 322 g/mol. The summed E-state index contributed by atoms with van der Waals surface area (Å²) < 4.78 is 16.5. The summed E-state index contributed by atoms with van der Waals surface area (Å²) in [5, 5.41) is 11.0. The molecule has 0 spiro atoms.